The number of carbonyl (C=O) groups excluding carboxylic acids is 1. The maximum Gasteiger partial charge on any atom is 0.248 e. The highest BCUT2D eigenvalue weighted by molar-refractivity contribution is 7.16. The molecule has 4 nitrogen and oxygen atoms in total. The molecule has 1 heterocycles. The number of halogens is 1. The summed E-state index contributed by atoms with van der Waals surface area (Å²) in [5.74, 6) is 0.695. The molecule has 1 fully saturated rings. The number of benzene rings is 1. The number of hydrogen-bond donors (Lipinski definition) is 0. The molecule has 136 valence electrons. The molecular formula is C19H25ClN2O2S. The van der Waals surface area contributed by atoms with Crippen molar-refractivity contribution in [3.63, 3.8) is 0 Å². The highest BCUT2D eigenvalue weighted by Gasteiger charge is 2.16. The first kappa shape index (κ1) is 18.6. The molecule has 0 bridgehead atoms. The Kier molecular flexibility index (Phi) is 6.68. The topological polar surface area (TPSA) is 43.6 Å². The van der Waals surface area contributed by atoms with Crippen LogP contribution in [-0.2, 0) is 16.1 Å². The summed E-state index contributed by atoms with van der Waals surface area (Å²) in [6.07, 6.45) is 6.67. The van der Waals surface area contributed by atoms with Crippen molar-refractivity contribution in [2.75, 3.05) is 13.2 Å². The van der Waals surface area contributed by atoms with E-state index in [-0.39, 0.29) is 5.91 Å². The summed E-state index contributed by atoms with van der Waals surface area (Å²) in [5, 5.41) is 0.699. The van der Waals surface area contributed by atoms with Crippen LogP contribution < -0.4 is 4.80 Å². The molecule has 0 N–H and O–H groups in total. The number of carbonyl (C=O) groups is 1. The van der Waals surface area contributed by atoms with Gasteiger partial charge in [-0.15, -0.1) is 0 Å². The van der Waals surface area contributed by atoms with Gasteiger partial charge in [0.1, 0.15) is 0 Å². The normalized spacial score (nSPS) is 16.2. The molecule has 0 saturated heterocycles. The number of thiazole rings is 1. The van der Waals surface area contributed by atoms with E-state index < -0.39 is 0 Å². The van der Waals surface area contributed by atoms with Crippen molar-refractivity contribution in [2.24, 2.45) is 10.9 Å². The van der Waals surface area contributed by atoms with Crippen LogP contribution in [0.4, 0.5) is 0 Å². The van der Waals surface area contributed by atoms with Crippen molar-refractivity contribution in [3.05, 3.63) is 28.0 Å². The molecule has 25 heavy (non-hydrogen) atoms. The molecule has 1 saturated carbocycles. The number of hydrogen-bond acceptors (Lipinski definition) is 3. The van der Waals surface area contributed by atoms with Gasteiger partial charge in [-0.25, -0.2) is 0 Å². The van der Waals surface area contributed by atoms with Crippen LogP contribution in [0.1, 0.15) is 45.4 Å². The van der Waals surface area contributed by atoms with E-state index in [9.17, 15) is 4.79 Å². The molecular weight excluding hydrogens is 356 g/mol. The molecule has 1 amide bonds. The van der Waals surface area contributed by atoms with E-state index in [2.05, 4.69) is 9.56 Å². The fourth-order valence-corrected chi connectivity index (χ4v) is 4.79. The van der Waals surface area contributed by atoms with Crippen LogP contribution >= 0.6 is 22.9 Å². The Morgan fingerprint density at radius 3 is 2.96 bits per heavy atom. The largest absolute Gasteiger partial charge is 0.380 e. The van der Waals surface area contributed by atoms with Gasteiger partial charge in [0, 0.05) is 24.6 Å². The Balaban J connectivity index is 1.81. The molecule has 1 aliphatic rings. The fourth-order valence-electron chi connectivity index (χ4n) is 3.44. The van der Waals surface area contributed by atoms with Crippen LogP contribution in [0.15, 0.2) is 23.2 Å². The summed E-state index contributed by atoms with van der Waals surface area (Å²) >= 11 is 7.63. The first-order chi connectivity index (χ1) is 12.2. The zero-order chi connectivity index (χ0) is 17.6. The van der Waals surface area contributed by atoms with Gasteiger partial charge in [-0.05, 0) is 37.5 Å². The molecule has 1 aromatic carbocycles. The maximum atomic E-state index is 12.4. The number of fused-ring (bicyclic) bond motifs is 1. The predicted octanol–water partition coefficient (Wildman–Crippen LogP) is 4.79. The number of nitrogens with zero attached hydrogens (tertiary/aromatic N) is 2. The Morgan fingerprint density at radius 2 is 2.20 bits per heavy atom. The number of aromatic nitrogens is 1. The van der Waals surface area contributed by atoms with Gasteiger partial charge in [-0.1, -0.05) is 48.6 Å². The maximum absolute atomic E-state index is 12.4. The third kappa shape index (κ3) is 4.93. The van der Waals surface area contributed by atoms with E-state index in [1.807, 2.05) is 25.1 Å². The summed E-state index contributed by atoms with van der Waals surface area (Å²) in [4.78, 5) is 17.5. The third-order valence-corrected chi connectivity index (χ3v) is 6.05. The Bertz CT molecular complexity index is 790. The smallest absolute Gasteiger partial charge is 0.248 e. The first-order valence-corrected chi connectivity index (χ1v) is 10.3. The molecule has 0 aliphatic heterocycles. The molecule has 1 aliphatic carbocycles. The van der Waals surface area contributed by atoms with Crippen LogP contribution in [-0.4, -0.2) is 23.7 Å². The van der Waals surface area contributed by atoms with Crippen LogP contribution in [0.3, 0.4) is 0 Å². The van der Waals surface area contributed by atoms with Gasteiger partial charge < -0.3 is 9.30 Å². The lowest BCUT2D eigenvalue weighted by atomic mass is 10.0. The van der Waals surface area contributed by atoms with E-state index in [0.717, 1.165) is 21.4 Å². The Hall–Kier alpha value is -1.17. The van der Waals surface area contributed by atoms with Gasteiger partial charge in [-0.3, -0.25) is 4.79 Å². The van der Waals surface area contributed by atoms with Gasteiger partial charge in [0.05, 0.1) is 16.8 Å². The second-order valence-electron chi connectivity index (χ2n) is 6.54. The minimum Gasteiger partial charge on any atom is -0.380 e. The van der Waals surface area contributed by atoms with Gasteiger partial charge in [-0.2, -0.15) is 4.99 Å². The van der Waals surface area contributed by atoms with E-state index in [1.54, 1.807) is 0 Å². The molecule has 0 spiro atoms. The van der Waals surface area contributed by atoms with Crippen molar-refractivity contribution in [1.82, 2.24) is 4.57 Å². The van der Waals surface area contributed by atoms with Crippen molar-refractivity contribution >= 4 is 39.1 Å². The second-order valence-corrected chi connectivity index (χ2v) is 7.99. The molecule has 0 unspecified atom stereocenters. The van der Waals surface area contributed by atoms with Crippen LogP contribution in [0, 0.1) is 5.92 Å². The quantitative estimate of drug-likeness (QED) is 0.648. The van der Waals surface area contributed by atoms with Crippen LogP contribution in [0.5, 0.6) is 0 Å². The average molecular weight is 381 g/mol. The SMILES string of the molecule is CCOCCn1c(=NC(=O)CCC2CCCC2)sc2cc(Cl)ccc21. The third-order valence-electron chi connectivity index (χ3n) is 4.77. The minimum absolute atomic E-state index is 0.0188. The Morgan fingerprint density at radius 1 is 1.40 bits per heavy atom. The molecule has 3 rings (SSSR count). The second kappa shape index (κ2) is 8.97. The molecule has 2 aromatic rings. The number of rotatable bonds is 7. The summed E-state index contributed by atoms with van der Waals surface area (Å²) in [5.41, 5.74) is 1.05. The predicted molar refractivity (Wildman–Crippen MR) is 103 cm³/mol. The van der Waals surface area contributed by atoms with Crippen molar-refractivity contribution in [2.45, 2.75) is 52.0 Å². The summed E-state index contributed by atoms with van der Waals surface area (Å²) in [7, 11) is 0. The molecule has 6 heteroatoms. The standard InChI is InChI=1S/C19H25ClN2O2S/c1-2-24-12-11-22-16-9-8-15(20)13-17(16)25-19(22)21-18(23)10-7-14-5-3-4-6-14/h8-9,13-14H,2-7,10-12H2,1H3. The first-order valence-electron chi connectivity index (χ1n) is 9.11. The van der Waals surface area contributed by atoms with E-state index in [4.69, 9.17) is 16.3 Å². The van der Waals surface area contributed by atoms with Gasteiger partial charge >= 0.3 is 0 Å². The van der Waals surface area contributed by atoms with Crippen molar-refractivity contribution in [1.29, 1.82) is 0 Å². The zero-order valence-electron chi connectivity index (χ0n) is 14.7. The molecule has 1 aromatic heterocycles. The molecule has 0 atom stereocenters. The number of amides is 1. The minimum atomic E-state index is -0.0188. The number of ether oxygens (including phenoxy) is 1. The highest BCUT2D eigenvalue weighted by atomic mass is 35.5. The van der Waals surface area contributed by atoms with Gasteiger partial charge in [0.2, 0.25) is 5.91 Å². The van der Waals surface area contributed by atoms with Gasteiger partial charge in [0.15, 0.2) is 4.80 Å². The monoisotopic (exact) mass is 380 g/mol. The van der Waals surface area contributed by atoms with E-state index >= 15 is 0 Å². The molecule has 0 radical (unpaired) electrons. The average Bonchev–Trinajstić information content (AvgIpc) is 3.21. The zero-order valence-corrected chi connectivity index (χ0v) is 16.2. The van der Waals surface area contributed by atoms with Crippen molar-refractivity contribution in [3.8, 4) is 0 Å². The van der Waals surface area contributed by atoms with Gasteiger partial charge in [0.25, 0.3) is 0 Å². The summed E-state index contributed by atoms with van der Waals surface area (Å²) in [6.45, 7) is 3.95. The summed E-state index contributed by atoms with van der Waals surface area (Å²) < 4.78 is 8.60. The lowest BCUT2D eigenvalue weighted by Gasteiger charge is -2.06. The lowest BCUT2D eigenvalue weighted by molar-refractivity contribution is -0.118. The highest BCUT2D eigenvalue weighted by Crippen LogP contribution is 2.28. The van der Waals surface area contributed by atoms with E-state index in [1.165, 1.54) is 37.0 Å². The van der Waals surface area contributed by atoms with Crippen LogP contribution in [0.2, 0.25) is 5.02 Å². The summed E-state index contributed by atoms with van der Waals surface area (Å²) in [6, 6.07) is 5.79. The fraction of sp³-hybridized carbons (Fsp3) is 0.579. The lowest BCUT2D eigenvalue weighted by Crippen LogP contribution is -2.19. The van der Waals surface area contributed by atoms with Crippen molar-refractivity contribution < 1.29 is 9.53 Å². The Labute approximate surface area is 157 Å². The van der Waals surface area contributed by atoms with Crippen LogP contribution in [0.25, 0.3) is 10.2 Å². The van der Waals surface area contributed by atoms with E-state index in [0.29, 0.717) is 37.1 Å².